The van der Waals surface area contributed by atoms with E-state index < -0.39 is 0 Å². The van der Waals surface area contributed by atoms with E-state index in [4.69, 9.17) is 0 Å². The summed E-state index contributed by atoms with van der Waals surface area (Å²) >= 11 is 2.05. The average molecular weight is 106 g/mol. The van der Waals surface area contributed by atoms with E-state index in [-0.39, 0.29) is 0 Å². The molecule has 0 saturated carbocycles. The molecule has 5 heavy (non-hydrogen) atoms. The van der Waals surface area contributed by atoms with Gasteiger partial charge in [-0.2, -0.15) is 11.8 Å². The molecule has 0 bridgehead atoms. The van der Waals surface area contributed by atoms with Gasteiger partial charge in [0.1, 0.15) is 0 Å². The second kappa shape index (κ2) is 1.49. The van der Waals surface area contributed by atoms with Crippen molar-refractivity contribution >= 4 is 21.0 Å². The minimum atomic E-state index is 1.01. The highest BCUT2D eigenvalue weighted by Gasteiger charge is 2.18. The topological polar surface area (TPSA) is 0 Å². The monoisotopic (exact) mass is 106 g/mol. The van der Waals surface area contributed by atoms with Crippen LogP contribution in [0.15, 0.2) is 0 Å². The fourth-order valence-corrected chi connectivity index (χ4v) is 1.43. The van der Waals surface area contributed by atoms with Crippen LogP contribution in [0.3, 0.4) is 0 Å². The Morgan fingerprint density at radius 1 is 2.00 bits per heavy atom. The van der Waals surface area contributed by atoms with Gasteiger partial charge in [-0.15, -0.1) is 9.24 Å². The van der Waals surface area contributed by atoms with Crippen molar-refractivity contribution in [2.24, 2.45) is 0 Å². The quantitative estimate of drug-likeness (QED) is 0.354. The Bertz CT molecular complexity index is 33.9. The first-order valence-electron chi connectivity index (χ1n) is 1.75. The molecule has 0 aliphatic carbocycles. The predicted octanol–water partition coefficient (Wildman–Crippen LogP) is 0.977. The summed E-state index contributed by atoms with van der Waals surface area (Å²) in [5.74, 6) is 1.41. The number of hydrogen-bond acceptors (Lipinski definition) is 1. The molecular formula is C3H7PS. The molecule has 0 aromatic carbocycles. The number of thioether (sulfide) groups is 1. The molecule has 1 rings (SSSR count). The highest BCUT2D eigenvalue weighted by molar-refractivity contribution is 8.07. The first-order valence-corrected chi connectivity index (χ1v) is 3.61. The smallest absolute Gasteiger partial charge is 0.0173 e. The van der Waals surface area contributed by atoms with Crippen molar-refractivity contribution in [3.8, 4) is 0 Å². The van der Waals surface area contributed by atoms with E-state index in [0.29, 0.717) is 0 Å². The molecule has 0 spiro atoms. The van der Waals surface area contributed by atoms with Gasteiger partial charge in [-0.05, 0) is 6.16 Å². The molecule has 2 atom stereocenters. The van der Waals surface area contributed by atoms with Gasteiger partial charge in [-0.3, -0.25) is 0 Å². The van der Waals surface area contributed by atoms with Crippen LogP contribution in [0.5, 0.6) is 0 Å². The van der Waals surface area contributed by atoms with Crippen molar-refractivity contribution in [3.05, 3.63) is 0 Å². The van der Waals surface area contributed by atoms with Crippen LogP contribution in [-0.2, 0) is 0 Å². The van der Waals surface area contributed by atoms with Crippen LogP contribution in [0.1, 0.15) is 0 Å². The predicted molar refractivity (Wildman–Crippen MR) is 30.8 cm³/mol. The third-order valence-corrected chi connectivity index (χ3v) is 2.57. The van der Waals surface area contributed by atoms with Crippen LogP contribution in [0, 0.1) is 0 Å². The zero-order chi connectivity index (χ0) is 3.70. The molecule has 1 aliphatic heterocycles. The van der Waals surface area contributed by atoms with Crippen molar-refractivity contribution in [1.82, 2.24) is 0 Å². The van der Waals surface area contributed by atoms with Crippen molar-refractivity contribution in [2.75, 3.05) is 11.9 Å². The Morgan fingerprint density at radius 3 is 2.60 bits per heavy atom. The lowest BCUT2D eigenvalue weighted by Gasteiger charge is -1.70. The second-order valence-electron chi connectivity index (χ2n) is 1.19. The summed E-state index contributed by atoms with van der Waals surface area (Å²) in [6.07, 6.45) is 1.30. The average Bonchev–Trinajstić information content (AvgIpc) is 2.12. The Balaban J connectivity index is 2.00. The minimum absolute atomic E-state index is 1.01. The largest absolute Gasteiger partial charge is 0.156 e. The van der Waals surface area contributed by atoms with Gasteiger partial charge in [0.25, 0.3) is 0 Å². The SMILES string of the molecule is PCC1CS1. The van der Waals surface area contributed by atoms with Crippen molar-refractivity contribution in [3.63, 3.8) is 0 Å². The molecular weight excluding hydrogens is 99.1 g/mol. The molecule has 0 nitrogen and oxygen atoms in total. The minimum Gasteiger partial charge on any atom is -0.156 e. The van der Waals surface area contributed by atoms with E-state index in [1.54, 1.807) is 0 Å². The zero-order valence-electron chi connectivity index (χ0n) is 2.98. The van der Waals surface area contributed by atoms with Gasteiger partial charge in [0.15, 0.2) is 0 Å². The van der Waals surface area contributed by atoms with Crippen LogP contribution in [0.4, 0.5) is 0 Å². The fourth-order valence-electron chi connectivity index (χ4n) is 0.204. The van der Waals surface area contributed by atoms with E-state index in [1.807, 2.05) is 11.8 Å². The molecule has 1 heterocycles. The molecule has 0 N–H and O–H groups in total. The summed E-state index contributed by atoms with van der Waals surface area (Å²) in [7, 11) is 2.74. The van der Waals surface area contributed by atoms with Crippen molar-refractivity contribution in [2.45, 2.75) is 5.25 Å². The van der Waals surface area contributed by atoms with Crippen molar-refractivity contribution < 1.29 is 0 Å². The third kappa shape index (κ3) is 1.11. The van der Waals surface area contributed by atoms with Gasteiger partial charge >= 0.3 is 0 Å². The summed E-state index contributed by atoms with van der Waals surface area (Å²) in [5.41, 5.74) is 0. The van der Waals surface area contributed by atoms with Gasteiger partial charge in [-0.1, -0.05) is 0 Å². The van der Waals surface area contributed by atoms with E-state index in [9.17, 15) is 0 Å². The van der Waals surface area contributed by atoms with Crippen LogP contribution in [0.25, 0.3) is 0 Å². The lowest BCUT2D eigenvalue weighted by atomic mass is 10.6. The van der Waals surface area contributed by atoms with Gasteiger partial charge in [-0.25, -0.2) is 0 Å². The van der Waals surface area contributed by atoms with Crippen LogP contribution in [-0.4, -0.2) is 17.2 Å². The van der Waals surface area contributed by atoms with Crippen LogP contribution in [0.2, 0.25) is 0 Å². The summed E-state index contributed by atoms with van der Waals surface area (Å²) in [5, 5.41) is 1.01. The Morgan fingerprint density at radius 2 is 2.60 bits per heavy atom. The lowest BCUT2D eigenvalue weighted by molar-refractivity contribution is 1.27. The highest BCUT2D eigenvalue weighted by atomic mass is 32.2. The van der Waals surface area contributed by atoms with Gasteiger partial charge in [0.05, 0.1) is 0 Å². The van der Waals surface area contributed by atoms with Gasteiger partial charge < -0.3 is 0 Å². The molecule has 0 radical (unpaired) electrons. The number of hydrogen-bond donors (Lipinski definition) is 0. The Kier molecular flexibility index (Phi) is 1.17. The Hall–Kier alpha value is 0.780. The van der Waals surface area contributed by atoms with Gasteiger partial charge in [0, 0.05) is 11.0 Å². The summed E-state index contributed by atoms with van der Waals surface area (Å²) < 4.78 is 0. The highest BCUT2D eigenvalue weighted by Crippen LogP contribution is 2.30. The molecule has 1 aliphatic rings. The van der Waals surface area contributed by atoms with Gasteiger partial charge in [0.2, 0.25) is 0 Å². The number of rotatable bonds is 1. The molecule has 30 valence electrons. The first kappa shape index (κ1) is 3.95. The standard InChI is InChI=1S/C3H7PS/c4-1-3-2-5-3/h3H,1-2,4H2. The maximum Gasteiger partial charge on any atom is 0.0173 e. The third-order valence-electron chi connectivity index (χ3n) is 0.665. The van der Waals surface area contributed by atoms with Crippen LogP contribution < -0.4 is 0 Å². The van der Waals surface area contributed by atoms with E-state index in [0.717, 1.165) is 5.25 Å². The lowest BCUT2D eigenvalue weighted by Crippen LogP contribution is -1.76. The van der Waals surface area contributed by atoms with E-state index >= 15 is 0 Å². The molecule has 1 saturated heterocycles. The summed E-state index contributed by atoms with van der Waals surface area (Å²) in [4.78, 5) is 0. The first-order chi connectivity index (χ1) is 2.43. The molecule has 0 aromatic rings. The second-order valence-corrected chi connectivity index (χ2v) is 3.00. The molecule has 2 unspecified atom stereocenters. The van der Waals surface area contributed by atoms with Crippen molar-refractivity contribution in [1.29, 1.82) is 0 Å². The van der Waals surface area contributed by atoms with E-state index in [2.05, 4.69) is 9.24 Å². The maximum absolute atomic E-state index is 2.74. The zero-order valence-corrected chi connectivity index (χ0v) is 4.95. The van der Waals surface area contributed by atoms with Crippen LogP contribution >= 0.6 is 21.0 Å². The summed E-state index contributed by atoms with van der Waals surface area (Å²) in [6, 6.07) is 0. The maximum atomic E-state index is 2.74. The molecule has 1 fully saturated rings. The Labute approximate surface area is 38.9 Å². The normalized spacial score (nSPS) is 34.2. The summed E-state index contributed by atoms with van der Waals surface area (Å²) in [6.45, 7) is 0. The molecule has 0 amide bonds. The van der Waals surface area contributed by atoms with E-state index in [1.165, 1.54) is 11.9 Å². The molecule has 0 aromatic heterocycles. The molecule has 2 heteroatoms. The fraction of sp³-hybridized carbons (Fsp3) is 1.00.